The van der Waals surface area contributed by atoms with Crippen LogP contribution in [0.2, 0.25) is 0 Å². The van der Waals surface area contributed by atoms with Crippen molar-refractivity contribution in [2.45, 2.75) is 32.5 Å². The van der Waals surface area contributed by atoms with Crippen LogP contribution in [-0.4, -0.2) is 25.4 Å². The molecule has 0 saturated carbocycles. The Morgan fingerprint density at radius 2 is 2.19 bits per heavy atom. The van der Waals surface area contributed by atoms with Crippen LogP contribution in [-0.2, 0) is 19.5 Å². The third kappa shape index (κ3) is 2.96. The first kappa shape index (κ1) is 13.8. The number of aromatic nitrogens is 4. The first-order valence-corrected chi connectivity index (χ1v) is 7.17. The number of rotatable bonds is 6. The van der Waals surface area contributed by atoms with E-state index in [2.05, 4.69) is 39.3 Å². The van der Waals surface area contributed by atoms with Gasteiger partial charge in [-0.25, -0.2) is 4.98 Å². The third-order valence-electron chi connectivity index (χ3n) is 3.67. The molecule has 3 aromatic rings. The van der Waals surface area contributed by atoms with Gasteiger partial charge in [0.25, 0.3) is 0 Å². The molecule has 0 aliphatic carbocycles. The molecule has 2 aromatic heterocycles. The van der Waals surface area contributed by atoms with E-state index < -0.39 is 0 Å². The van der Waals surface area contributed by atoms with Gasteiger partial charge in [-0.3, -0.25) is 16.0 Å². The van der Waals surface area contributed by atoms with E-state index in [-0.39, 0.29) is 6.04 Å². The number of nitrogens with two attached hydrogens (primary N) is 1. The van der Waals surface area contributed by atoms with E-state index >= 15 is 0 Å². The minimum atomic E-state index is 0.136. The van der Waals surface area contributed by atoms with Crippen LogP contribution in [0.1, 0.15) is 12.5 Å². The molecule has 0 bridgehead atoms. The second kappa shape index (κ2) is 6.07. The van der Waals surface area contributed by atoms with Gasteiger partial charge in [0.2, 0.25) is 0 Å². The van der Waals surface area contributed by atoms with Crippen LogP contribution in [0.4, 0.5) is 0 Å². The average Bonchev–Trinajstić information content (AvgIpc) is 3.14. The molecule has 1 unspecified atom stereocenters. The average molecular weight is 284 g/mol. The summed E-state index contributed by atoms with van der Waals surface area (Å²) in [7, 11) is 0. The molecule has 0 saturated heterocycles. The van der Waals surface area contributed by atoms with Crippen molar-refractivity contribution in [3.05, 3.63) is 48.5 Å². The number of hydrogen-bond donors (Lipinski definition) is 2. The molecule has 0 fully saturated rings. The molecule has 1 aromatic carbocycles. The highest BCUT2D eigenvalue weighted by molar-refractivity contribution is 5.74. The molecular formula is C15H20N6. The second-order valence-electron chi connectivity index (χ2n) is 5.16. The third-order valence-corrected chi connectivity index (χ3v) is 3.67. The van der Waals surface area contributed by atoms with E-state index in [9.17, 15) is 0 Å². The van der Waals surface area contributed by atoms with Gasteiger partial charge < -0.3 is 4.57 Å². The number of nitrogens with one attached hydrogen (secondary N) is 1. The molecule has 0 radical (unpaired) electrons. The lowest BCUT2D eigenvalue weighted by Crippen LogP contribution is -2.39. The smallest absolute Gasteiger partial charge is 0.0958 e. The minimum absolute atomic E-state index is 0.136. The van der Waals surface area contributed by atoms with Gasteiger partial charge in [-0.2, -0.15) is 5.10 Å². The van der Waals surface area contributed by atoms with Crippen LogP contribution in [0.3, 0.4) is 0 Å². The van der Waals surface area contributed by atoms with Gasteiger partial charge >= 0.3 is 0 Å². The van der Waals surface area contributed by atoms with Crippen LogP contribution in [0.15, 0.2) is 43.0 Å². The number of hydrazine groups is 1. The summed E-state index contributed by atoms with van der Waals surface area (Å²) in [6.07, 6.45) is 6.67. The molecule has 3 rings (SSSR count). The highest BCUT2D eigenvalue weighted by Gasteiger charge is 2.12. The van der Waals surface area contributed by atoms with E-state index in [1.54, 1.807) is 0 Å². The maximum atomic E-state index is 5.71. The Morgan fingerprint density at radius 1 is 1.33 bits per heavy atom. The van der Waals surface area contributed by atoms with Crippen molar-refractivity contribution in [2.75, 3.05) is 0 Å². The maximum absolute atomic E-state index is 5.71. The number of aryl methyl sites for hydroxylation is 1. The highest BCUT2D eigenvalue weighted by atomic mass is 15.3. The normalized spacial score (nSPS) is 12.9. The predicted octanol–water partition coefficient (Wildman–Crippen LogP) is 1.33. The lowest BCUT2D eigenvalue weighted by Gasteiger charge is -2.16. The zero-order valence-electron chi connectivity index (χ0n) is 12.1. The molecule has 0 aliphatic heterocycles. The number of fused-ring (bicyclic) bond motifs is 1. The highest BCUT2D eigenvalue weighted by Crippen LogP contribution is 2.13. The molecule has 0 spiro atoms. The first-order chi connectivity index (χ1) is 10.3. The standard InChI is InChI=1S/C15H20N6/c1-2-21-9-12(8-18-21)7-13(19-16)10-20-11-17-14-5-3-4-6-15(14)20/h3-6,8-9,11,13,19H,2,7,10,16H2,1H3. The van der Waals surface area contributed by atoms with Crippen molar-refractivity contribution in [1.82, 2.24) is 24.8 Å². The zero-order valence-corrected chi connectivity index (χ0v) is 12.1. The summed E-state index contributed by atoms with van der Waals surface area (Å²) >= 11 is 0. The molecule has 1 atom stereocenters. The summed E-state index contributed by atoms with van der Waals surface area (Å²) in [5, 5.41) is 4.30. The SMILES string of the molecule is CCn1cc(CC(Cn2cnc3ccccc32)NN)cn1. The molecule has 21 heavy (non-hydrogen) atoms. The van der Waals surface area contributed by atoms with Gasteiger partial charge in [0.05, 0.1) is 23.6 Å². The summed E-state index contributed by atoms with van der Waals surface area (Å²) in [6, 6.07) is 8.25. The lowest BCUT2D eigenvalue weighted by atomic mass is 10.1. The minimum Gasteiger partial charge on any atom is -0.329 e. The Morgan fingerprint density at radius 3 is 2.95 bits per heavy atom. The van der Waals surface area contributed by atoms with Crippen molar-refractivity contribution in [1.29, 1.82) is 0 Å². The summed E-state index contributed by atoms with van der Waals surface area (Å²) in [5.41, 5.74) is 6.21. The fraction of sp³-hybridized carbons (Fsp3) is 0.333. The van der Waals surface area contributed by atoms with Gasteiger partial charge in [0, 0.05) is 25.3 Å². The van der Waals surface area contributed by atoms with Crippen molar-refractivity contribution >= 4 is 11.0 Å². The fourth-order valence-corrected chi connectivity index (χ4v) is 2.54. The van der Waals surface area contributed by atoms with Gasteiger partial charge in [-0.1, -0.05) is 12.1 Å². The summed E-state index contributed by atoms with van der Waals surface area (Å²) in [6.45, 7) is 3.73. The molecule has 6 nitrogen and oxygen atoms in total. The van der Waals surface area contributed by atoms with Crippen LogP contribution >= 0.6 is 0 Å². The molecule has 6 heteroatoms. The van der Waals surface area contributed by atoms with Crippen LogP contribution in [0.5, 0.6) is 0 Å². The Hall–Kier alpha value is -2.18. The van der Waals surface area contributed by atoms with E-state index in [0.29, 0.717) is 0 Å². The first-order valence-electron chi connectivity index (χ1n) is 7.17. The van der Waals surface area contributed by atoms with Gasteiger partial charge in [-0.05, 0) is 31.0 Å². The maximum Gasteiger partial charge on any atom is 0.0958 e. The number of imidazole rings is 1. The molecule has 110 valence electrons. The molecule has 0 amide bonds. The van der Waals surface area contributed by atoms with Gasteiger partial charge in [0.15, 0.2) is 0 Å². The number of benzene rings is 1. The van der Waals surface area contributed by atoms with Gasteiger partial charge in [0.1, 0.15) is 0 Å². The Balaban J connectivity index is 1.74. The fourth-order valence-electron chi connectivity index (χ4n) is 2.54. The summed E-state index contributed by atoms with van der Waals surface area (Å²) in [5.74, 6) is 5.71. The molecule has 2 heterocycles. The van der Waals surface area contributed by atoms with Crippen molar-refractivity contribution in [2.24, 2.45) is 5.84 Å². The van der Waals surface area contributed by atoms with E-state index in [1.807, 2.05) is 35.4 Å². The number of nitrogens with zero attached hydrogens (tertiary/aromatic N) is 4. The topological polar surface area (TPSA) is 73.7 Å². The molecule has 0 aliphatic rings. The van der Waals surface area contributed by atoms with Crippen LogP contribution in [0, 0.1) is 0 Å². The van der Waals surface area contributed by atoms with Crippen molar-refractivity contribution in [3.8, 4) is 0 Å². The predicted molar refractivity (Wildman–Crippen MR) is 82.4 cm³/mol. The molecule has 3 N–H and O–H groups in total. The van der Waals surface area contributed by atoms with E-state index in [1.165, 1.54) is 5.56 Å². The lowest BCUT2D eigenvalue weighted by molar-refractivity contribution is 0.460. The van der Waals surface area contributed by atoms with Crippen molar-refractivity contribution in [3.63, 3.8) is 0 Å². The van der Waals surface area contributed by atoms with Crippen LogP contribution < -0.4 is 11.3 Å². The van der Waals surface area contributed by atoms with Gasteiger partial charge in [-0.15, -0.1) is 0 Å². The Kier molecular flexibility index (Phi) is 3.98. The summed E-state index contributed by atoms with van der Waals surface area (Å²) < 4.78 is 4.06. The quantitative estimate of drug-likeness (QED) is 0.529. The Bertz CT molecular complexity index is 714. The largest absolute Gasteiger partial charge is 0.329 e. The monoisotopic (exact) mass is 284 g/mol. The zero-order chi connectivity index (χ0) is 14.7. The van der Waals surface area contributed by atoms with Crippen molar-refractivity contribution < 1.29 is 0 Å². The summed E-state index contributed by atoms with van der Waals surface area (Å²) in [4.78, 5) is 4.41. The number of para-hydroxylation sites is 2. The molecular weight excluding hydrogens is 264 g/mol. The number of hydrogen-bond acceptors (Lipinski definition) is 4. The van der Waals surface area contributed by atoms with E-state index in [0.717, 1.165) is 30.5 Å². The Labute approximate surface area is 123 Å². The van der Waals surface area contributed by atoms with Crippen LogP contribution in [0.25, 0.3) is 11.0 Å². The van der Waals surface area contributed by atoms with E-state index in [4.69, 9.17) is 5.84 Å². The second-order valence-corrected chi connectivity index (χ2v) is 5.16.